The van der Waals surface area contributed by atoms with Gasteiger partial charge in [-0.1, -0.05) is 77.0 Å². The molecular formula is C28H45N5O. The van der Waals surface area contributed by atoms with Gasteiger partial charge in [-0.3, -0.25) is 14.6 Å². The molecular weight excluding hydrogens is 422 g/mol. The van der Waals surface area contributed by atoms with Crippen molar-refractivity contribution in [2.45, 2.75) is 134 Å². The number of rotatable bonds is 6. The highest BCUT2D eigenvalue weighted by Gasteiger charge is 2.20. The second-order valence-corrected chi connectivity index (χ2v) is 10.8. The number of amides is 1. The fourth-order valence-electron chi connectivity index (χ4n) is 5.86. The molecule has 2 saturated carbocycles. The van der Waals surface area contributed by atoms with Crippen molar-refractivity contribution in [2.24, 2.45) is 0 Å². The number of carbonyl (C=O) groups is 1. The Morgan fingerprint density at radius 1 is 0.941 bits per heavy atom. The van der Waals surface area contributed by atoms with E-state index in [4.69, 9.17) is 5.10 Å². The van der Waals surface area contributed by atoms with Gasteiger partial charge in [-0.25, -0.2) is 0 Å². The van der Waals surface area contributed by atoms with Gasteiger partial charge < -0.3 is 5.32 Å². The molecule has 2 fully saturated rings. The first kappa shape index (κ1) is 25.0. The minimum Gasteiger partial charge on any atom is -0.346 e. The van der Waals surface area contributed by atoms with Crippen molar-refractivity contribution in [2.75, 3.05) is 0 Å². The monoisotopic (exact) mass is 467 g/mol. The molecule has 0 bridgehead atoms. The fraction of sp³-hybridized carbons (Fsp3) is 0.750. The van der Waals surface area contributed by atoms with Gasteiger partial charge in [0.05, 0.1) is 12.2 Å². The van der Waals surface area contributed by atoms with Crippen LogP contribution in [0, 0.1) is 0 Å². The molecule has 6 nitrogen and oxygen atoms in total. The fourth-order valence-corrected chi connectivity index (χ4v) is 5.86. The Bertz CT molecular complexity index is 854. The number of aromatic amines is 1. The number of H-pyrrole nitrogens is 1. The Morgan fingerprint density at radius 3 is 2.12 bits per heavy atom. The molecule has 1 amide bonds. The van der Waals surface area contributed by atoms with Gasteiger partial charge in [-0.05, 0) is 44.7 Å². The maximum absolute atomic E-state index is 12.8. The van der Waals surface area contributed by atoms with Crippen molar-refractivity contribution in [3.8, 4) is 0 Å². The van der Waals surface area contributed by atoms with Crippen LogP contribution in [0.2, 0.25) is 0 Å². The Kier molecular flexibility index (Phi) is 9.63. The minimum atomic E-state index is -0.0967. The predicted molar refractivity (Wildman–Crippen MR) is 137 cm³/mol. The van der Waals surface area contributed by atoms with Crippen LogP contribution in [0.4, 0.5) is 0 Å². The molecule has 6 heteroatoms. The van der Waals surface area contributed by atoms with E-state index in [1.807, 2.05) is 17.7 Å². The highest BCUT2D eigenvalue weighted by molar-refractivity contribution is 5.92. The van der Waals surface area contributed by atoms with Crippen molar-refractivity contribution < 1.29 is 4.79 Å². The third-order valence-electron chi connectivity index (χ3n) is 7.90. The number of nitrogens with one attached hydrogen (secondary N) is 2. The number of aromatic nitrogens is 4. The number of nitrogens with zero attached hydrogens (tertiary/aromatic N) is 3. The summed E-state index contributed by atoms with van der Waals surface area (Å²) in [4.78, 5) is 12.8. The van der Waals surface area contributed by atoms with E-state index in [1.54, 1.807) is 0 Å². The average molecular weight is 468 g/mol. The molecule has 0 radical (unpaired) electrons. The quantitative estimate of drug-likeness (QED) is 0.487. The largest absolute Gasteiger partial charge is 0.346 e. The summed E-state index contributed by atoms with van der Waals surface area (Å²) < 4.78 is 2.00. The van der Waals surface area contributed by atoms with Crippen LogP contribution in [0.5, 0.6) is 0 Å². The van der Waals surface area contributed by atoms with Crippen molar-refractivity contribution in [1.82, 2.24) is 25.3 Å². The van der Waals surface area contributed by atoms with Crippen LogP contribution >= 0.6 is 0 Å². The second-order valence-electron chi connectivity index (χ2n) is 10.8. The summed E-state index contributed by atoms with van der Waals surface area (Å²) in [6.45, 7) is 2.73. The van der Waals surface area contributed by atoms with Gasteiger partial charge in [-0.2, -0.15) is 10.2 Å². The summed E-state index contributed by atoms with van der Waals surface area (Å²) >= 11 is 0. The maximum Gasteiger partial charge on any atom is 0.272 e. The molecule has 0 spiro atoms. The summed E-state index contributed by atoms with van der Waals surface area (Å²) in [6.07, 6.45) is 23.1. The van der Waals surface area contributed by atoms with E-state index in [0.717, 1.165) is 5.69 Å². The van der Waals surface area contributed by atoms with Gasteiger partial charge in [0.15, 0.2) is 0 Å². The molecule has 2 N–H and O–H groups in total. The van der Waals surface area contributed by atoms with Crippen LogP contribution in [0.15, 0.2) is 18.3 Å². The third kappa shape index (κ3) is 7.44. The van der Waals surface area contributed by atoms with Gasteiger partial charge in [0.1, 0.15) is 5.69 Å². The third-order valence-corrected chi connectivity index (χ3v) is 7.90. The minimum absolute atomic E-state index is 0.00848. The Hall–Kier alpha value is -2.11. The molecule has 2 aromatic rings. The molecule has 0 saturated heterocycles. The summed E-state index contributed by atoms with van der Waals surface area (Å²) in [6, 6.07) is 4.16. The summed E-state index contributed by atoms with van der Waals surface area (Å²) in [5.41, 5.74) is 2.86. The molecule has 1 atom stereocenters. The van der Waals surface area contributed by atoms with E-state index in [2.05, 4.69) is 27.8 Å². The molecule has 0 aliphatic heterocycles. The number of hydrogen-bond donors (Lipinski definition) is 2. The lowest BCUT2D eigenvalue weighted by Gasteiger charge is -2.17. The van der Waals surface area contributed by atoms with Gasteiger partial charge in [0, 0.05) is 29.8 Å². The first-order valence-corrected chi connectivity index (χ1v) is 14.1. The Balaban J connectivity index is 1.28. The molecule has 0 unspecified atom stereocenters. The van der Waals surface area contributed by atoms with Crippen molar-refractivity contribution in [1.29, 1.82) is 0 Å². The molecule has 0 aromatic carbocycles. The Labute approximate surface area is 205 Å². The van der Waals surface area contributed by atoms with Crippen molar-refractivity contribution in [3.05, 3.63) is 35.4 Å². The lowest BCUT2D eigenvalue weighted by atomic mass is 9.89. The van der Waals surface area contributed by atoms with E-state index in [-0.39, 0.29) is 11.9 Å². The molecule has 2 aliphatic rings. The SMILES string of the molecule is C[C@H](Cn1ccc(C2CCCCCCCCC2)n1)NC(=O)c1cc(C2CCCCCCC2)[nH]n1. The van der Waals surface area contributed by atoms with Crippen molar-refractivity contribution in [3.63, 3.8) is 0 Å². The van der Waals surface area contributed by atoms with Crippen LogP contribution in [-0.2, 0) is 6.54 Å². The van der Waals surface area contributed by atoms with Crippen LogP contribution in [0.1, 0.15) is 143 Å². The normalized spacial score (nSPS) is 20.9. The molecule has 34 heavy (non-hydrogen) atoms. The van der Waals surface area contributed by atoms with Crippen molar-refractivity contribution >= 4 is 5.91 Å². The topological polar surface area (TPSA) is 75.6 Å². The molecule has 188 valence electrons. The van der Waals surface area contributed by atoms with Gasteiger partial charge in [0.25, 0.3) is 5.91 Å². The van der Waals surface area contributed by atoms with E-state index in [0.29, 0.717) is 24.1 Å². The lowest BCUT2D eigenvalue weighted by molar-refractivity contribution is 0.0931. The van der Waals surface area contributed by atoms with Crippen LogP contribution < -0.4 is 5.32 Å². The van der Waals surface area contributed by atoms with E-state index >= 15 is 0 Å². The zero-order chi connectivity index (χ0) is 23.6. The second kappa shape index (κ2) is 13.1. The zero-order valence-corrected chi connectivity index (χ0v) is 21.2. The predicted octanol–water partition coefficient (Wildman–Crippen LogP) is 6.86. The Morgan fingerprint density at radius 2 is 1.50 bits per heavy atom. The van der Waals surface area contributed by atoms with E-state index < -0.39 is 0 Å². The van der Waals surface area contributed by atoms with Gasteiger partial charge in [-0.15, -0.1) is 0 Å². The highest BCUT2D eigenvalue weighted by Crippen LogP contribution is 2.30. The van der Waals surface area contributed by atoms with Crippen LogP contribution in [0.25, 0.3) is 0 Å². The van der Waals surface area contributed by atoms with E-state index in [9.17, 15) is 4.79 Å². The average Bonchev–Trinajstić information content (AvgIpc) is 3.47. The van der Waals surface area contributed by atoms with Gasteiger partial charge in [0.2, 0.25) is 0 Å². The smallest absolute Gasteiger partial charge is 0.272 e. The molecule has 2 aliphatic carbocycles. The van der Waals surface area contributed by atoms with Crippen LogP contribution in [0.3, 0.4) is 0 Å². The summed E-state index contributed by atoms with van der Waals surface area (Å²) in [5.74, 6) is 0.997. The highest BCUT2D eigenvalue weighted by atomic mass is 16.2. The lowest BCUT2D eigenvalue weighted by Crippen LogP contribution is -2.36. The summed E-state index contributed by atoms with van der Waals surface area (Å²) in [7, 11) is 0. The number of carbonyl (C=O) groups excluding carboxylic acids is 1. The van der Waals surface area contributed by atoms with Crippen LogP contribution in [-0.4, -0.2) is 31.9 Å². The number of hydrogen-bond acceptors (Lipinski definition) is 3. The zero-order valence-electron chi connectivity index (χ0n) is 21.2. The van der Waals surface area contributed by atoms with Gasteiger partial charge >= 0.3 is 0 Å². The molecule has 4 rings (SSSR count). The van der Waals surface area contributed by atoms with E-state index in [1.165, 1.54) is 108 Å². The molecule has 2 aromatic heterocycles. The maximum atomic E-state index is 12.8. The first-order valence-electron chi connectivity index (χ1n) is 14.1. The standard InChI is InChI=1S/C28H45N5O/c1-22(21-33-19-18-25(32-33)23-14-10-6-3-2-4-7-11-15-23)29-28(34)27-20-26(30-31-27)24-16-12-8-5-9-13-17-24/h18-20,22-24H,2-17,21H2,1H3,(H,29,34)(H,30,31)/t22-/m1/s1. The summed E-state index contributed by atoms with van der Waals surface area (Å²) in [5, 5.41) is 15.5. The molecule has 2 heterocycles. The first-order chi connectivity index (χ1) is 16.7.